The predicted octanol–water partition coefficient (Wildman–Crippen LogP) is 10.6. The molecule has 58 atom stereocenters. The molecule has 32 spiro atoms. The molecule has 0 N–H and O–H groups in total. The van der Waals surface area contributed by atoms with Crippen LogP contribution in [0.4, 0.5) is 0 Å². The van der Waals surface area contributed by atoms with Crippen molar-refractivity contribution in [2.45, 2.75) is 117 Å². The van der Waals surface area contributed by atoms with E-state index in [0.29, 0.717) is 65.0 Å². The van der Waals surface area contributed by atoms with E-state index in [2.05, 4.69) is 111 Å². The Hall–Kier alpha value is 0. The van der Waals surface area contributed by atoms with E-state index in [1.165, 1.54) is 71.0 Å². The van der Waals surface area contributed by atoms with Gasteiger partial charge >= 0.3 is 0 Å². The van der Waals surface area contributed by atoms with Gasteiger partial charge in [-0.3, -0.25) is 0 Å². The maximum absolute atomic E-state index is 3.34. The minimum absolute atomic E-state index is 0.447. The zero-order valence-corrected chi connectivity index (χ0v) is 47.4. The highest BCUT2D eigenvalue weighted by Crippen LogP contribution is 3.78. The lowest BCUT2D eigenvalue weighted by atomic mass is 8.29. The van der Waals surface area contributed by atoms with E-state index in [1.807, 2.05) is 6.42 Å². The molecule has 44 aliphatic rings. The fourth-order valence-electron chi connectivity index (χ4n) is 79.2. The summed E-state index contributed by atoms with van der Waals surface area (Å²) in [5.74, 6) is 19.7. The van der Waals surface area contributed by atoms with E-state index in [0.717, 1.165) is 192 Å². The van der Waals surface area contributed by atoms with Gasteiger partial charge in [0, 0.05) is 0 Å². The Morgan fingerprint density at radius 1 is 0.224 bits per heavy atom. The molecule has 0 aromatic carbocycles. The van der Waals surface area contributed by atoms with Crippen LogP contribution in [0.15, 0.2) is 0 Å². The third-order valence-electron chi connectivity index (χ3n) is 64.3. The lowest BCUT2D eigenvalue weighted by Gasteiger charge is -3.73. The van der Waals surface area contributed by atoms with Gasteiger partial charge in [0.1, 0.15) is 0 Å². The molecule has 0 saturated heterocycles. The van der Waals surface area contributed by atoms with Gasteiger partial charge in [-0.2, -0.15) is 0 Å². The van der Waals surface area contributed by atoms with Crippen molar-refractivity contribution in [2.75, 3.05) is 0 Å². The maximum Gasteiger partial charge on any atom is -0.0000822 e. The highest BCUT2D eigenvalue weighted by molar-refractivity contribution is 6.25. The highest BCUT2D eigenvalue weighted by atomic mass is 15.8. The van der Waals surface area contributed by atoms with Crippen molar-refractivity contribution in [1.82, 2.24) is 0 Å². The highest BCUT2D eigenvalue weighted by Gasteiger charge is 3.77. The molecular formula is C76H66. The summed E-state index contributed by atoms with van der Waals surface area (Å²) in [5, 5.41) is 0. The van der Waals surface area contributed by atoms with Crippen LogP contribution in [0.25, 0.3) is 0 Å². The first-order valence-corrected chi connectivity index (χ1v) is 36.1. The van der Waals surface area contributed by atoms with Gasteiger partial charge in [-0.05, 0) is 334 Å². The van der Waals surface area contributed by atoms with Crippen LogP contribution < -0.4 is 0 Å². The average molecular weight is 979 g/mol. The molecule has 76 heavy (non-hydrogen) atoms. The molecule has 44 aliphatic carbocycles. The van der Waals surface area contributed by atoms with Crippen molar-refractivity contribution in [2.24, 2.45) is 322 Å². The van der Waals surface area contributed by atoms with Crippen molar-refractivity contribution >= 4 is 0 Å². The average Bonchev–Trinajstić information content (AvgIpc) is 0.416. The second-order valence-corrected chi connectivity index (χ2v) is 47.7. The molecule has 20 unspecified atom stereocenters. The first-order chi connectivity index (χ1) is 36.1. The molecule has 44 rings (SSSR count). The van der Waals surface area contributed by atoms with Crippen molar-refractivity contribution in [3.05, 3.63) is 5.41 Å². The summed E-state index contributed by atoms with van der Waals surface area (Å²) in [6.07, 6.45) is 1.82. The third kappa shape index (κ3) is 0.618. The summed E-state index contributed by atoms with van der Waals surface area (Å²) in [5.41, 5.74) is 35.5. The van der Waals surface area contributed by atoms with Crippen LogP contribution >= 0.6 is 0 Å². The normalized spacial score (nSPS) is 131. The summed E-state index contributed by atoms with van der Waals surface area (Å²) in [6.45, 7) is 51.5. The molecular weight excluding hydrogens is 913 g/mol. The minimum Gasteiger partial charge on any atom is -0.0616 e. The molecule has 0 radical (unpaired) electrons. The second kappa shape index (κ2) is 4.36. The quantitative estimate of drug-likeness (QED) is 0.227. The minimum atomic E-state index is 0.447. The van der Waals surface area contributed by atoms with Crippen LogP contribution in [0, 0.1) is 328 Å². The van der Waals surface area contributed by atoms with E-state index in [-0.39, 0.29) is 0 Å². The molecule has 0 bridgehead atoms. The Morgan fingerprint density at radius 2 is 0.566 bits per heavy atom. The van der Waals surface area contributed by atoms with E-state index in [1.54, 1.807) is 0 Å². The van der Waals surface area contributed by atoms with Crippen LogP contribution in [0.2, 0.25) is 0 Å². The van der Waals surface area contributed by atoms with E-state index < -0.39 is 0 Å². The van der Waals surface area contributed by atoms with Gasteiger partial charge in [0.2, 0.25) is 0 Å². The topological polar surface area (TPSA) is 0 Å². The first kappa shape index (κ1) is 30.2. The first-order valence-electron chi connectivity index (χ1n) is 36.1. The standard InChI is InChI=1S/C76H66/c1-18-24-28-26-22-17-23-27-30-32-33-31-29-25-19(2)36(8)42(14)44(16)40(12)34(5,6)39(11)43(15)38(10)21(4)47-46-20(3)37(9)41(13)35(18,7)48(24)52(28)50(26)45(22,23)51(27)54(30)56(32)57(33)55(31)53(29)49(25,36)62(42)64(44)60(39,40)63(43)59(38,47)75-67(47)66(46)71(56,72(57,67)73(55,75)69(53,62)76(63,64)75)70(54)65(50,51)68(52)61(41,48)58(37,46)74(66,68)70/h18-33H,17H2,1-16H3/t18-,19-,20-,21?,22+,23?,24-,25-,26+,27+,28-,29-,30+,31-,32+,33-,35?,36-,37+,38-,39?,40+,41-,42-,43-,44+,45?,46+,47-,48?,49-,50?,51+,52?,53-,54+,55-,56?,57?,58+,59?,60+,61-,62-,63?,64+,65?,66-,67+,68?,69-,70?,71?,72?,73-,74?,75?,76?/m0/s1. The Labute approximate surface area is 442 Å². The molecule has 44 fully saturated rings. The van der Waals surface area contributed by atoms with E-state index in [9.17, 15) is 0 Å². The largest absolute Gasteiger partial charge is 0.0616 e. The molecule has 370 valence electrons. The third-order valence-corrected chi connectivity index (χ3v) is 64.3. The smallest absolute Gasteiger partial charge is 0.0000822 e. The van der Waals surface area contributed by atoms with Crippen molar-refractivity contribution in [3.63, 3.8) is 0 Å². The van der Waals surface area contributed by atoms with Gasteiger partial charge in [-0.1, -0.05) is 111 Å². The van der Waals surface area contributed by atoms with Crippen molar-refractivity contribution < 1.29 is 0 Å². The summed E-state index contributed by atoms with van der Waals surface area (Å²) in [6, 6.07) is 0. The van der Waals surface area contributed by atoms with E-state index in [4.69, 9.17) is 0 Å². The fraction of sp³-hybridized carbons (Fsp3) is 1.00. The van der Waals surface area contributed by atoms with Crippen molar-refractivity contribution in [1.29, 1.82) is 0 Å². The molecule has 0 amide bonds. The second-order valence-electron chi connectivity index (χ2n) is 47.7. The lowest BCUT2D eigenvalue weighted by Crippen LogP contribution is -3.72. The van der Waals surface area contributed by atoms with Crippen LogP contribution in [-0.2, 0) is 0 Å². The number of fused-ring (bicyclic) bond motifs is 17. The summed E-state index contributed by atoms with van der Waals surface area (Å²) in [4.78, 5) is 0. The Balaban J connectivity index is 0.742. The van der Waals surface area contributed by atoms with Gasteiger partial charge < -0.3 is 0 Å². The molecule has 0 heterocycles. The van der Waals surface area contributed by atoms with E-state index >= 15 is 0 Å². The maximum atomic E-state index is 3.34. The van der Waals surface area contributed by atoms with Crippen LogP contribution in [0.5, 0.6) is 0 Å². The van der Waals surface area contributed by atoms with Crippen LogP contribution in [0.1, 0.15) is 117 Å². The molecule has 0 aromatic heterocycles. The molecule has 0 heteroatoms. The molecule has 0 aliphatic heterocycles. The number of hydrogen-bond acceptors (Lipinski definition) is 0. The molecule has 44 saturated carbocycles. The van der Waals surface area contributed by atoms with Gasteiger partial charge in [-0.15, -0.1) is 0 Å². The van der Waals surface area contributed by atoms with Crippen molar-refractivity contribution in [3.8, 4) is 0 Å². The van der Waals surface area contributed by atoms with Gasteiger partial charge in [0.05, 0.1) is 0 Å². The summed E-state index contributed by atoms with van der Waals surface area (Å²) in [7, 11) is 0. The Morgan fingerprint density at radius 3 is 1.17 bits per heavy atom. The van der Waals surface area contributed by atoms with Crippen LogP contribution in [-0.4, -0.2) is 0 Å². The Kier molecular flexibility index (Phi) is 1.73. The molecule has 0 nitrogen and oxygen atoms in total. The predicted molar refractivity (Wildman–Crippen MR) is 257 cm³/mol. The Bertz CT molecular complexity index is 5070. The summed E-state index contributed by atoms with van der Waals surface area (Å²) >= 11 is 0. The van der Waals surface area contributed by atoms with Gasteiger partial charge in [0.15, 0.2) is 0 Å². The zero-order chi connectivity index (χ0) is 47.4. The zero-order valence-electron chi connectivity index (χ0n) is 47.4. The van der Waals surface area contributed by atoms with Gasteiger partial charge in [0.25, 0.3) is 0 Å². The fourth-order valence-corrected chi connectivity index (χ4v) is 79.2. The SMILES string of the molecule is CC1[C@]23C45C67C89C4%10[C@]24C2%11C%12%13[C@H]([C@H]%14[C@H]%15[C@H]%16C%17C[C@@H]%18[C@@H]%19[C@@H]%20[C@@H]%21[C@H](C)C%22(C)C%21%23C%20%21C%19%20C%17%18[C@]%16%17C%20%16C%18%19C2(C%14%12[C@]%15%18%17)[C@@]42C%194C%21%16[C@@]%23%12[C@]%22(C)[C@@]%14(C)[C@H](C)[C@]32[C@]4%14%12)[C@@H]2[C@@H]3[C@@H]4[C@H](C)[C@@]%12(C)[C@@]%14(C)[C@@]%15(C)[C@@]%16(C)C(C)(C)C(C)([C@]6(C)[C@]15C)[C@]7%16[C@]8%15[C@@]%141[C@@]4%12[C@]34[C@@]2%13[C@]%11%10[C@]941. The monoisotopic (exact) mass is 979 g/mol. The number of rotatable bonds is 0. The van der Waals surface area contributed by atoms with Crippen LogP contribution in [0.3, 0.4) is 0 Å². The van der Waals surface area contributed by atoms with Gasteiger partial charge in [-0.25, -0.2) is 0 Å². The lowest BCUT2D eigenvalue weighted by molar-refractivity contribution is -1.27. The molecule has 0 aromatic rings. The number of hydrogen-bond donors (Lipinski definition) is 0. The summed E-state index contributed by atoms with van der Waals surface area (Å²) < 4.78 is 0.